The highest BCUT2D eigenvalue weighted by Gasteiger charge is 2.19. The van der Waals surface area contributed by atoms with Crippen LogP contribution in [0.5, 0.6) is 0 Å². The van der Waals surface area contributed by atoms with Crippen molar-refractivity contribution in [2.24, 2.45) is 0 Å². The van der Waals surface area contributed by atoms with Gasteiger partial charge in [-0.1, -0.05) is 66.7 Å². The van der Waals surface area contributed by atoms with E-state index in [0.29, 0.717) is 25.0 Å². The van der Waals surface area contributed by atoms with Crippen molar-refractivity contribution in [3.05, 3.63) is 108 Å². The average Bonchev–Trinajstić information content (AvgIpc) is 3.29. The summed E-state index contributed by atoms with van der Waals surface area (Å²) >= 11 is 0. The van der Waals surface area contributed by atoms with Gasteiger partial charge in [0.1, 0.15) is 17.7 Å². The Labute approximate surface area is 207 Å². The Morgan fingerprint density at radius 2 is 1.71 bits per heavy atom. The quantitative estimate of drug-likeness (QED) is 0.275. The van der Waals surface area contributed by atoms with Gasteiger partial charge >= 0.3 is 0 Å². The number of hydrogen-bond acceptors (Lipinski definition) is 5. The van der Waals surface area contributed by atoms with Gasteiger partial charge in [-0.2, -0.15) is 0 Å². The monoisotopic (exact) mass is 473 g/mol. The normalized spacial score (nSPS) is 15.9. The Kier molecular flexibility index (Phi) is 8.90. The summed E-state index contributed by atoms with van der Waals surface area (Å²) in [6, 6.07) is 21.5. The van der Waals surface area contributed by atoms with Gasteiger partial charge in [0.2, 0.25) is 0 Å². The van der Waals surface area contributed by atoms with E-state index in [0.717, 1.165) is 38.2 Å². The van der Waals surface area contributed by atoms with Gasteiger partial charge < -0.3 is 24.8 Å². The number of aliphatic hydroxyl groups is 2. The number of benzene rings is 2. The average molecular weight is 474 g/mol. The molecular weight excluding hydrogens is 438 g/mol. The minimum absolute atomic E-state index is 0.168. The van der Waals surface area contributed by atoms with Crippen molar-refractivity contribution in [1.29, 1.82) is 0 Å². The van der Waals surface area contributed by atoms with Gasteiger partial charge in [-0.25, -0.2) is 4.98 Å². The number of nitrogens with zero attached hydrogens (tertiary/aromatic N) is 2. The molecule has 0 bridgehead atoms. The fourth-order valence-electron chi connectivity index (χ4n) is 4.59. The van der Waals surface area contributed by atoms with Crippen LogP contribution in [0, 0.1) is 0 Å². The molecule has 1 unspecified atom stereocenters. The first-order valence-corrected chi connectivity index (χ1v) is 12.3. The molecule has 3 N–H and O–H groups in total. The second-order valence-corrected chi connectivity index (χ2v) is 8.94. The molecule has 1 atom stereocenters. The van der Waals surface area contributed by atoms with Crippen molar-refractivity contribution in [1.82, 2.24) is 14.9 Å². The maximum absolute atomic E-state index is 10.3. The molecule has 35 heavy (non-hydrogen) atoms. The van der Waals surface area contributed by atoms with Gasteiger partial charge in [-0.15, -0.1) is 6.58 Å². The minimum atomic E-state index is -1.12. The lowest BCUT2D eigenvalue weighted by Crippen LogP contribution is -2.34. The van der Waals surface area contributed by atoms with Gasteiger partial charge in [-0.3, -0.25) is 0 Å². The molecule has 0 saturated carbocycles. The molecule has 1 saturated heterocycles. The van der Waals surface area contributed by atoms with Crippen molar-refractivity contribution in [3.63, 3.8) is 0 Å². The zero-order valence-corrected chi connectivity index (χ0v) is 20.1. The Balaban J connectivity index is 1.59. The molecule has 6 heteroatoms. The van der Waals surface area contributed by atoms with Gasteiger partial charge in [0.15, 0.2) is 0 Å². The number of imidazole rings is 1. The van der Waals surface area contributed by atoms with Gasteiger partial charge in [0.25, 0.3) is 0 Å². The Bertz CT molecular complexity index is 1050. The highest BCUT2D eigenvalue weighted by Crippen LogP contribution is 2.29. The zero-order chi connectivity index (χ0) is 24.5. The maximum atomic E-state index is 10.3. The largest absolute Gasteiger partial charge is 0.509 e. The van der Waals surface area contributed by atoms with Crippen LogP contribution in [-0.2, 0) is 17.8 Å². The van der Waals surface area contributed by atoms with Gasteiger partial charge in [0, 0.05) is 44.3 Å². The lowest BCUT2D eigenvalue weighted by molar-refractivity contribution is 0.0774. The van der Waals surface area contributed by atoms with E-state index in [-0.39, 0.29) is 11.7 Å². The second-order valence-electron chi connectivity index (χ2n) is 8.94. The molecule has 1 aliphatic heterocycles. The zero-order valence-electron chi connectivity index (χ0n) is 20.1. The number of rotatable bonds is 11. The van der Waals surface area contributed by atoms with Crippen LogP contribution in [0.2, 0.25) is 0 Å². The molecule has 2 heterocycles. The predicted octanol–water partition coefficient (Wildman–Crippen LogP) is 4.82. The van der Waals surface area contributed by atoms with E-state index < -0.39 is 6.10 Å². The van der Waals surface area contributed by atoms with E-state index >= 15 is 0 Å². The lowest BCUT2D eigenvalue weighted by Gasteiger charge is -2.24. The van der Waals surface area contributed by atoms with E-state index in [4.69, 9.17) is 4.74 Å². The summed E-state index contributed by atoms with van der Waals surface area (Å²) in [7, 11) is 0. The predicted molar refractivity (Wildman–Crippen MR) is 139 cm³/mol. The van der Waals surface area contributed by atoms with Crippen LogP contribution in [0.3, 0.4) is 0 Å². The van der Waals surface area contributed by atoms with Crippen molar-refractivity contribution >= 4 is 6.08 Å². The van der Waals surface area contributed by atoms with Crippen molar-refractivity contribution in [3.8, 4) is 0 Å². The van der Waals surface area contributed by atoms with Crippen LogP contribution in [-0.4, -0.2) is 45.1 Å². The van der Waals surface area contributed by atoms with Crippen molar-refractivity contribution < 1.29 is 14.9 Å². The first-order chi connectivity index (χ1) is 17.2. The summed E-state index contributed by atoms with van der Waals surface area (Å²) in [5, 5.41) is 23.9. The molecule has 1 aliphatic rings. The highest BCUT2D eigenvalue weighted by atomic mass is 16.5. The molecule has 1 fully saturated rings. The summed E-state index contributed by atoms with van der Waals surface area (Å²) in [5.74, 6) is 0.672. The van der Waals surface area contributed by atoms with Gasteiger partial charge in [-0.05, 0) is 30.4 Å². The maximum Gasteiger partial charge on any atom is 0.136 e. The molecule has 3 aromatic rings. The number of nitrogens with one attached hydrogen (secondary N) is 1. The number of aliphatic hydroxyl groups excluding tert-OH is 2. The SMILES string of the molecule is C=CC(O)/C(O)=C/c1ncc(CNC2CCOCC2)n1CCC(c1ccccc1)c1ccccc1. The van der Waals surface area contributed by atoms with Crippen LogP contribution in [0.25, 0.3) is 6.08 Å². The Morgan fingerprint density at radius 3 is 2.31 bits per heavy atom. The molecule has 184 valence electrons. The van der Waals surface area contributed by atoms with E-state index in [1.54, 1.807) is 0 Å². The number of aromatic nitrogens is 2. The molecule has 0 spiro atoms. The summed E-state index contributed by atoms with van der Waals surface area (Å²) < 4.78 is 7.62. The fraction of sp³-hybridized carbons (Fsp3) is 0.345. The minimum Gasteiger partial charge on any atom is -0.509 e. The van der Waals surface area contributed by atoms with E-state index in [1.807, 2.05) is 18.3 Å². The summed E-state index contributed by atoms with van der Waals surface area (Å²) in [5.41, 5.74) is 3.58. The highest BCUT2D eigenvalue weighted by molar-refractivity contribution is 5.46. The third kappa shape index (κ3) is 6.69. The summed E-state index contributed by atoms with van der Waals surface area (Å²) in [6.45, 7) is 6.52. The van der Waals surface area contributed by atoms with Crippen LogP contribution in [0.1, 0.15) is 47.8 Å². The van der Waals surface area contributed by atoms with E-state index in [9.17, 15) is 10.2 Å². The molecule has 6 nitrogen and oxygen atoms in total. The van der Waals surface area contributed by atoms with E-state index in [1.165, 1.54) is 23.3 Å². The van der Waals surface area contributed by atoms with Crippen LogP contribution >= 0.6 is 0 Å². The number of ether oxygens (including phenoxy) is 1. The van der Waals surface area contributed by atoms with Crippen molar-refractivity contribution in [2.75, 3.05) is 13.2 Å². The first-order valence-electron chi connectivity index (χ1n) is 12.3. The topological polar surface area (TPSA) is 79.5 Å². The third-order valence-electron chi connectivity index (χ3n) is 6.61. The molecule has 0 aliphatic carbocycles. The van der Waals surface area contributed by atoms with E-state index in [2.05, 4.69) is 70.0 Å². The van der Waals surface area contributed by atoms with Crippen molar-refractivity contribution in [2.45, 2.75) is 50.4 Å². The summed E-state index contributed by atoms with van der Waals surface area (Å²) in [6.07, 6.45) is 6.42. The molecule has 0 amide bonds. The lowest BCUT2D eigenvalue weighted by atomic mass is 9.88. The second kappa shape index (κ2) is 12.5. The standard InChI is InChI=1S/C29H35N3O3/c1-2-27(33)28(34)19-29-31-21-25(20-30-24-14-17-35-18-15-24)32(29)16-13-26(22-9-5-3-6-10-22)23-11-7-4-8-12-23/h2-12,19,21,24,26-27,30,33-34H,1,13-18,20H2/b28-19-. The molecule has 1 aromatic heterocycles. The molecular formula is C29H35N3O3. The van der Waals surface area contributed by atoms with Crippen LogP contribution in [0.4, 0.5) is 0 Å². The molecule has 2 aromatic carbocycles. The smallest absolute Gasteiger partial charge is 0.136 e. The van der Waals surface area contributed by atoms with Crippen LogP contribution < -0.4 is 5.32 Å². The third-order valence-corrected chi connectivity index (χ3v) is 6.61. The Hall–Kier alpha value is -3.19. The van der Waals surface area contributed by atoms with Crippen LogP contribution in [0.15, 0.2) is 85.3 Å². The number of hydrogen-bond donors (Lipinski definition) is 3. The van der Waals surface area contributed by atoms with Gasteiger partial charge in [0.05, 0.1) is 11.9 Å². The first kappa shape index (κ1) is 24.9. The molecule has 4 rings (SSSR count). The fourth-order valence-corrected chi connectivity index (χ4v) is 4.59. The summed E-state index contributed by atoms with van der Waals surface area (Å²) in [4.78, 5) is 4.58. The Morgan fingerprint density at radius 1 is 1.09 bits per heavy atom. The molecule has 0 radical (unpaired) electrons.